The van der Waals surface area contributed by atoms with Crippen molar-refractivity contribution in [3.8, 4) is 16.9 Å². The molecule has 0 amide bonds. The molecule has 0 heterocycles. The Bertz CT molecular complexity index is 984. The van der Waals surface area contributed by atoms with Gasteiger partial charge in [0.1, 0.15) is 12.4 Å². The maximum absolute atomic E-state index is 12.3. The molecule has 0 saturated carbocycles. The number of carbonyl (C=O) groups excluding carboxylic acids is 1. The van der Waals surface area contributed by atoms with E-state index >= 15 is 0 Å². The number of rotatable bonds is 15. The van der Waals surface area contributed by atoms with Crippen LogP contribution in [0.2, 0.25) is 0 Å². The van der Waals surface area contributed by atoms with Crippen molar-refractivity contribution in [2.75, 3.05) is 5.75 Å². The van der Waals surface area contributed by atoms with E-state index in [4.69, 9.17) is 9.47 Å². The maximum atomic E-state index is 12.3. The van der Waals surface area contributed by atoms with E-state index in [0.29, 0.717) is 5.75 Å². The second-order valence-corrected chi connectivity index (χ2v) is 10.0. The zero-order valence-corrected chi connectivity index (χ0v) is 21.9. The summed E-state index contributed by atoms with van der Waals surface area (Å²) in [4.78, 5) is 13.6. The van der Waals surface area contributed by atoms with Crippen molar-refractivity contribution in [2.45, 2.75) is 76.4 Å². The van der Waals surface area contributed by atoms with Crippen LogP contribution in [0, 0.1) is 0 Å². The lowest BCUT2D eigenvalue weighted by Crippen LogP contribution is -2.26. The van der Waals surface area contributed by atoms with Gasteiger partial charge in [0.15, 0.2) is 6.10 Å². The standard InChI is InChI=1S/C31H38O3S/c1-3-4-5-6-7-8-12-23-35-30-21-17-28(18-22-30)27-15-19-29(20-16-27)34-25(2)31(32)33-24-26-13-10-9-11-14-26/h9-11,13-22,25H,3-8,12,23-24H2,1-2H3/t25-/m1/s1. The van der Waals surface area contributed by atoms with E-state index in [9.17, 15) is 4.79 Å². The van der Waals surface area contributed by atoms with Gasteiger partial charge in [-0.2, -0.15) is 0 Å². The van der Waals surface area contributed by atoms with Crippen LogP contribution in [0.15, 0.2) is 83.8 Å². The summed E-state index contributed by atoms with van der Waals surface area (Å²) in [6.07, 6.45) is 8.79. The van der Waals surface area contributed by atoms with Gasteiger partial charge in [-0.15, -0.1) is 11.8 Å². The Kier molecular flexibility index (Phi) is 11.8. The monoisotopic (exact) mass is 490 g/mol. The highest BCUT2D eigenvalue weighted by molar-refractivity contribution is 7.99. The first-order valence-corrected chi connectivity index (χ1v) is 13.8. The van der Waals surface area contributed by atoms with Crippen molar-refractivity contribution < 1.29 is 14.3 Å². The van der Waals surface area contributed by atoms with Gasteiger partial charge < -0.3 is 9.47 Å². The minimum Gasteiger partial charge on any atom is -0.479 e. The van der Waals surface area contributed by atoms with Gasteiger partial charge in [0, 0.05) is 4.90 Å². The Morgan fingerprint density at radius 2 is 1.37 bits per heavy atom. The molecule has 3 nitrogen and oxygen atoms in total. The first kappa shape index (κ1) is 26.9. The largest absolute Gasteiger partial charge is 0.479 e. The van der Waals surface area contributed by atoms with Crippen LogP contribution in [-0.4, -0.2) is 17.8 Å². The van der Waals surface area contributed by atoms with Crippen LogP contribution in [-0.2, 0) is 16.1 Å². The van der Waals surface area contributed by atoms with E-state index < -0.39 is 6.10 Å². The second kappa shape index (κ2) is 15.3. The summed E-state index contributed by atoms with van der Waals surface area (Å²) in [6.45, 7) is 4.23. The molecule has 186 valence electrons. The molecule has 0 spiro atoms. The van der Waals surface area contributed by atoms with Gasteiger partial charge in [0.25, 0.3) is 0 Å². The van der Waals surface area contributed by atoms with E-state index in [1.165, 1.54) is 61.2 Å². The minimum atomic E-state index is -0.669. The van der Waals surface area contributed by atoms with E-state index in [1.54, 1.807) is 6.92 Å². The van der Waals surface area contributed by atoms with Crippen LogP contribution < -0.4 is 4.74 Å². The van der Waals surface area contributed by atoms with Crippen molar-refractivity contribution >= 4 is 17.7 Å². The van der Waals surface area contributed by atoms with Gasteiger partial charge in [-0.3, -0.25) is 0 Å². The molecule has 0 bridgehead atoms. The number of carbonyl (C=O) groups is 1. The average molecular weight is 491 g/mol. The molecule has 3 aromatic carbocycles. The lowest BCUT2D eigenvalue weighted by atomic mass is 10.1. The minimum absolute atomic E-state index is 0.250. The zero-order valence-electron chi connectivity index (χ0n) is 21.1. The molecule has 1 atom stereocenters. The first-order valence-electron chi connectivity index (χ1n) is 12.9. The summed E-state index contributed by atoms with van der Waals surface area (Å²) in [5.74, 6) is 1.47. The summed E-state index contributed by atoms with van der Waals surface area (Å²) in [5.41, 5.74) is 3.26. The molecular weight excluding hydrogens is 452 g/mol. The fourth-order valence-electron chi connectivity index (χ4n) is 3.82. The summed E-state index contributed by atoms with van der Waals surface area (Å²) in [6, 6.07) is 26.3. The smallest absolute Gasteiger partial charge is 0.347 e. The molecular formula is C31H38O3S. The number of thioether (sulfide) groups is 1. The second-order valence-electron chi connectivity index (χ2n) is 8.87. The Hall–Kier alpha value is -2.72. The summed E-state index contributed by atoms with van der Waals surface area (Å²) in [5, 5.41) is 0. The van der Waals surface area contributed by atoms with Crippen molar-refractivity contribution in [3.05, 3.63) is 84.4 Å². The van der Waals surface area contributed by atoms with Crippen LogP contribution in [0.1, 0.15) is 64.4 Å². The third-order valence-corrected chi connectivity index (χ3v) is 7.03. The highest BCUT2D eigenvalue weighted by Crippen LogP contribution is 2.27. The van der Waals surface area contributed by atoms with Gasteiger partial charge in [-0.05, 0) is 60.1 Å². The zero-order chi connectivity index (χ0) is 24.7. The number of ether oxygens (including phenoxy) is 2. The number of hydrogen-bond acceptors (Lipinski definition) is 4. The van der Waals surface area contributed by atoms with Gasteiger partial charge in [0.05, 0.1) is 0 Å². The molecule has 0 N–H and O–H groups in total. The van der Waals surface area contributed by atoms with Gasteiger partial charge >= 0.3 is 5.97 Å². The molecule has 0 aliphatic heterocycles. The first-order chi connectivity index (χ1) is 17.2. The SMILES string of the molecule is CCCCCCCCCSc1ccc(-c2ccc(O[C@H](C)C(=O)OCc3ccccc3)cc2)cc1. The van der Waals surface area contributed by atoms with E-state index in [2.05, 4.69) is 31.2 Å². The maximum Gasteiger partial charge on any atom is 0.347 e. The third-order valence-electron chi connectivity index (χ3n) is 5.93. The molecule has 0 aliphatic carbocycles. The third kappa shape index (κ3) is 9.81. The van der Waals surface area contributed by atoms with Crippen LogP contribution in [0.25, 0.3) is 11.1 Å². The average Bonchev–Trinajstić information content (AvgIpc) is 2.90. The number of unbranched alkanes of at least 4 members (excludes halogenated alkanes) is 6. The van der Waals surface area contributed by atoms with Crippen LogP contribution in [0.3, 0.4) is 0 Å². The van der Waals surface area contributed by atoms with E-state index in [-0.39, 0.29) is 12.6 Å². The number of hydrogen-bond donors (Lipinski definition) is 0. The molecule has 0 fully saturated rings. The molecule has 4 heteroatoms. The van der Waals surface area contributed by atoms with Crippen molar-refractivity contribution in [2.24, 2.45) is 0 Å². The molecule has 0 unspecified atom stereocenters. The van der Waals surface area contributed by atoms with E-state index in [0.717, 1.165) is 11.1 Å². The number of esters is 1. The van der Waals surface area contributed by atoms with Gasteiger partial charge in [-0.1, -0.05) is 100 Å². The predicted molar refractivity (Wildman–Crippen MR) is 147 cm³/mol. The van der Waals surface area contributed by atoms with Crippen LogP contribution >= 0.6 is 11.8 Å². The van der Waals surface area contributed by atoms with Crippen molar-refractivity contribution in [1.29, 1.82) is 0 Å². The number of benzene rings is 3. The summed E-state index contributed by atoms with van der Waals surface area (Å²) < 4.78 is 11.1. The van der Waals surface area contributed by atoms with Gasteiger partial charge in [0.2, 0.25) is 0 Å². The summed E-state index contributed by atoms with van der Waals surface area (Å²) in [7, 11) is 0. The molecule has 0 radical (unpaired) electrons. The fraction of sp³-hybridized carbons (Fsp3) is 0.387. The van der Waals surface area contributed by atoms with Crippen molar-refractivity contribution in [1.82, 2.24) is 0 Å². The molecule has 0 aliphatic rings. The Morgan fingerprint density at radius 3 is 2.03 bits per heavy atom. The molecule has 3 aromatic rings. The van der Waals surface area contributed by atoms with Crippen LogP contribution in [0.5, 0.6) is 5.75 Å². The highest BCUT2D eigenvalue weighted by Gasteiger charge is 2.16. The topological polar surface area (TPSA) is 35.5 Å². The van der Waals surface area contributed by atoms with Gasteiger partial charge in [-0.25, -0.2) is 4.79 Å². The Labute approximate surface area is 215 Å². The summed E-state index contributed by atoms with van der Waals surface area (Å²) >= 11 is 1.94. The molecule has 0 aromatic heterocycles. The normalized spacial score (nSPS) is 11.7. The Balaban J connectivity index is 1.39. The molecule has 0 saturated heterocycles. The highest BCUT2D eigenvalue weighted by atomic mass is 32.2. The quantitative estimate of drug-likeness (QED) is 0.121. The molecule has 35 heavy (non-hydrogen) atoms. The molecule has 3 rings (SSSR count). The van der Waals surface area contributed by atoms with E-state index in [1.807, 2.05) is 66.4 Å². The lowest BCUT2D eigenvalue weighted by molar-refractivity contribution is -0.152. The van der Waals surface area contributed by atoms with Crippen LogP contribution in [0.4, 0.5) is 0 Å². The Morgan fingerprint density at radius 1 is 0.771 bits per heavy atom. The fourth-order valence-corrected chi connectivity index (χ4v) is 4.73. The predicted octanol–water partition coefficient (Wildman–Crippen LogP) is 8.71. The van der Waals surface area contributed by atoms with Crippen molar-refractivity contribution in [3.63, 3.8) is 0 Å². The lowest BCUT2D eigenvalue weighted by Gasteiger charge is -2.14.